The molecule has 1 heterocycles. The number of aromatic nitrogens is 1. The summed E-state index contributed by atoms with van der Waals surface area (Å²) in [7, 11) is 0. The monoisotopic (exact) mass is 250 g/mol. The number of benzene rings is 1. The maximum atomic E-state index is 5.70. The lowest BCUT2D eigenvalue weighted by Gasteiger charge is -2.06. The van der Waals surface area contributed by atoms with Gasteiger partial charge in [0.25, 0.3) is 5.22 Å². The van der Waals surface area contributed by atoms with Crippen molar-refractivity contribution in [3.05, 3.63) is 18.2 Å². The fourth-order valence-corrected chi connectivity index (χ4v) is 2.68. The highest BCUT2D eigenvalue weighted by Crippen LogP contribution is 2.26. The second kappa shape index (κ2) is 5.45. The van der Waals surface area contributed by atoms with Gasteiger partial charge in [-0.1, -0.05) is 38.5 Å². The topological polar surface area (TPSA) is 52.0 Å². The van der Waals surface area contributed by atoms with E-state index in [9.17, 15) is 0 Å². The van der Waals surface area contributed by atoms with E-state index in [4.69, 9.17) is 10.2 Å². The minimum atomic E-state index is 0.699. The first-order valence-electron chi connectivity index (χ1n) is 5.98. The molecule has 2 aromatic rings. The highest BCUT2D eigenvalue weighted by Gasteiger charge is 2.08. The first kappa shape index (κ1) is 12.3. The zero-order chi connectivity index (χ0) is 12.3. The van der Waals surface area contributed by atoms with E-state index in [-0.39, 0.29) is 0 Å². The van der Waals surface area contributed by atoms with Crippen LogP contribution in [-0.4, -0.2) is 10.7 Å². The molecule has 0 saturated carbocycles. The quantitative estimate of drug-likeness (QED) is 0.645. The number of nitrogens with two attached hydrogens (primary N) is 1. The van der Waals surface area contributed by atoms with Crippen molar-refractivity contribution >= 4 is 28.5 Å². The van der Waals surface area contributed by atoms with E-state index >= 15 is 0 Å². The molecule has 1 unspecified atom stereocenters. The summed E-state index contributed by atoms with van der Waals surface area (Å²) in [6.45, 7) is 4.47. The molecular formula is C13H18N2OS. The normalized spacial score (nSPS) is 13.1. The van der Waals surface area contributed by atoms with Gasteiger partial charge in [-0.15, -0.1) is 0 Å². The van der Waals surface area contributed by atoms with Crippen LogP contribution in [0.2, 0.25) is 0 Å². The zero-order valence-corrected chi connectivity index (χ0v) is 11.1. The highest BCUT2D eigenvalue weighted by atomic mass is 32.2. The Morgan fingerprint density at radius 3 is 3.06 bits per heavy atom. The third-order valence-electron chi connectivity index (χ3n) is 2.67. The molecule has 2 rings (SSSR count). The minimum Gasteiger partial charge on any atom is -0.431 e. The van der Waals surface area contributed by atoms with E-state index in [2.05, 4.69) is 18.8 Å². The van der Waals surface area contributed by atoms with Gasteiger partial charge in [0.15, 0.2) is 5.58 Å². The molecule has 4 heteroatoms. The molecule has 2 N–H and O–H groups in total. The van der Waals surface area contributed by atoms with Crippen molar-refractivity contribution in [1.29, 1.82) is 0 Å². The number of thioether (sulfide) groups is 1. The van der Waals surface area contributed by atoms with Gasteiger partial charge in [-0.25, -0.2) is 4.98 Å². The molecular weight excluding hydrogens is 232 g/mol. The molecule has 17 heavy (non-hydrogen) atoms. The lowest BCUT2D eigenvalue weighted by molar-refractivity contribution is 0.487. The number of anilines is 1. The first-order chi connectivity index (χ1) is 8.19. The van der Waals surface area contributed by atoms with Crippen LogP contribution in [0.4, 0.5) is 5.69 Å². The van der Waals surface area contributed by atoms with Crippen molar-refractivity contribution in [3.63, 3.8) is 0 Å². The molecule has 0 radical (unpaired) electrons. The summed E-state index contributed by atoms with van der Waals surface area (Å²) in [6.07, 6.45) is 2.48. The lowest BCUT2D eigenvalue weighted by Crippen LogP contribution is -1.96. The van der Waals surface area contributed by atoms with Gasteiger partial charge in [0, 0.05) is 17.5 Å². The van der Waals surface area contributed by atoms with E-state index in [1.807, 2.05) is 18.2 Å². The summed E-state index contributed by atoms with van der Waals surface area (Å²) in [6, 6.07) is 5.56. The first-order valence-corrected chi connectivity index (χ1v) is 6.96. The fourth-order valence-electron chi connectivity index (χ4n) is 1.77. The van der Waals surface area contributed by atoms with Crippen LogP contribution in [0.1, 0.15) is 26.7 Å². The van der Waals surface area contributed by atoms with Crippen molar-refractivity contribution in [3.8, 4) is 0 Å². The van der Waals surface area contributed by atoms with Crippen LogP contribution in [0.3, 0.4) is 0 Å². The predicted molar refractivity (Wildman–Crippen MR) is 73.2 cm³/mol. The predicted octanol–water partition coefficient (Wildman–Crippen LogP) is 3.94. The second-order valence-electron chi connectivity index (χ2n) is 4.41. The molecule has 0 aliphatic heterocycles. The van der Waals surface area contributed by atoms with Crippen molar-refractivity contribution in [2.45, 2.75) is 31.9 Å². The molecule has 0 spiro atoms. The average molecular weight is 250 g/mol. The van der Waals surface area contributed by atoms with E-state index in [0.29, 0.717) is 11.6 Å². The summed E-state index contributed by atoms with van der Waals surface area (Å²) in [5.41, 5.74) is 8.07. The van der Waals surface area contributed by atoms with E-state index in [1.54, 1.807) is 11.8 Å². The van der Waals surface area contributed by atoms with Crippen LogP contribution in [0, 0.1) is 5.92 Å². The van der Waals surface area contributed by atoms with Crippen molar-refractivity contribution in [2.75, 3.05) is 11.5 Å². The molecule has 1 aromatic carbocycles. The molecule has 92 valence electrons. The van der Waals surface area contributed by atoms with Crippen LogP contribution >= 0.6 is 11.8 Å². The smallest absolute Gasteiger partial charge is 0.256 e. The minimum absolute atomic E-state index is 0.699. The van der Waals surface area contributed by atoms with Crippen LogP contribution in [-0.2, 0) is 0 Å². The molecule has 0 fully saturated rings. The maximum Gasteiger partial charge on any atom is 0.256 e. The number of nitrogen functional groups attached to an aromatic ring is 1. The van der Waals surface area contributed by atoms with Crippen molar-refractivity contribution in [2.24, 2.45) is 5.92 Å². The molecule has 0 saturated heterocycles. The molecule has 1 aromatic heterocycles. The van der Waals surface area contributed by atoms with Gasteiger partial charge < -0.3 is 10.2 Å². The molecule has 0 aliphatic rings. The van der Waals surface area contributed by atoms with Gasteiger partial charge in [0.05, 0.1) is 0 Å². The van der Waals surface area contributed by atoms with E-state index in [1.165, 1.54) is 12.8 Å². The Balaban J connectivity index is 2.04. The van der Waals surface area contributed by atoms with Crippen molar-refractivity contribution < 1.29 is 4.42 Å². The zero-order valence-electron chi connectivity index (χ0n) is 10.3. The lowest BCUT2D eigenvalue weighted by atomic mass is 10.1. The molecule has 0 amide bonds. The maximum absolute atomic E-state index is 5.70. The number of rotatable bonds is 5. The van der Waals surface area contributed by atoms with Crippen LogP contribution < -0.4 is 5.73 Å². The van der Waals surface area contributed by atoms with Gasteiger partial charge in [-0.3, -0.25) is 0 Å². The number of oxazole rings is 1. The highest BCUT2D eigenvalue weighted by molar-refractivity contribution is 7.99. The Bertz CT molecular complexity index is 495. The van der Waals surface area contributed by atoms with Gasteiger partial charge in [0.1, 0.15) is 5.52 Å². The van der Waals surface area contributed by atoms with Gasteiger partial charge >= 0.3 is 0 Å². The van der Waals surface area contributed by atoms with Crippen LogP contribution in [0.25, 0.3) is 11.1 Å². The van der Waals surface area contributed by atoms with Gasteiger partial charge in [-0.05, 0) is 18.1 Å². The molecule has 0 aliphatic carbocycles. The molecule has 1 atom stereocenters. The summed E-state index contributed by atoms with van der Waals surface area (Å²) in [4.78, 5) is 4.43. The standard InChI is InChI=1S/C13H18N2OS/c1-3-4-9(2)8-17-13-15-11-6-5-10(14)7-12(11)16-13/h5-7,9H,3-4,8,14H2,1-2H3. The summed E-state index contributed by atoms with van der Waals surface area (Å²) < 4.78 is 5.65. The summed E-state index contributed by atoms with van der Waals surface area (Å²) in [5.74, 6) is 1.75. The molecule has 0 bridgehead atoms. The third kappa shape index (κ3) is 3.16. The van der Waals surface area contributed by atoms with Crippen molar-refractivity contribution in [1.82, 2.24) is 4.98 Å². The Labute approximate surface area is 106 Å². The number of hydrogen-bond donors (Lipinski definition) is 1. The summed E-state index contributed by atoms with van der Waals surface area (Å²) >= 11 is 1.68. The van der Waals surface area contributed by atoms with E-state index in [0.717, 1.165) is 22.1 Å². The SMILES string of the molecule is CCCC(C)CSc1nc2ccc(N)cc2o1. The van der Waals surface area contributed by atoms with Gasteiger partial charge in [0.2, 0.25) is 0 Å². The van der Waals surface area contributed by atoms with Gasteiger partial charge in [-0.2, -0.15) is 0 Å². The largest absolute Gasteiger partial charge is 0.431 e. The van der Waals surface area contributed by atoms with Crippen LogP contribution in [0.5, 0.6) is 0 Å². The number of fused-ring (bicyclic) bond motifs is 1. The number of nitrogens with zero attached hydrogens (tertiary/aromatic N) is 1. The fraction of sp³-hybridized carbons (Fsp3) is 0.462. The van der Waals surface area contributed by atoms with E-state index < -0.39 is 0 Å². The molecule has 3 nitrogen and oxygen atoms in total. The Kier molecular flexibility index (Phi) is 3.94. The number of hydrogen-bond acceptors (Lipinski definition) is 4. The Morgan fingerprint density at radius 2 is 2.29 bits per heavy atom. The summed E-state index contributed by atoms with van der Waals surface area (Å²) in [5, 5.41) is 0.744. The third-order valence-corrected chi connectivity index (χ3v) is 3.82. The Hall–Kier alpha value is -1.16. The average Bonchev–Trinajstić information content (AvgIpc) is 2.68. The second-order valence-corrected chi connectivity index (χ2v) is 5.38. The van der Waals surface area contributed by atoms with Crippen LogP contribution in [0.15, 0.2) is 27.8 Å². The Morgan fingerprint density at radius 1 is 1.47 bits per heavy atom.